The number of fused-ring (bicyclic) bond motifs is 1. The van der Waals surface area contributed by atoms with Crippen molar-refractivity contribution in [3.05, 3.63) is 0 Å². The number of piperidine rings is 1. The van der Waals surface area contributed by atoms with Crippen molar-refractivity contribution in [3.8, 4) is 0 Å². The van der Waals surface area contributed by atoms with E-state index in [1.54, 1.807) is 4.90 Å². The van der Waals surface area contributed by atoms with Gasteiger partial charge < -0.3 is 10.2 Å². The van der Waals surface area contributed by atoms with Crippen LogP contribution in [0.25, 0.3) is 0 Å². The average molecular weight is 181 g/mol. The number of urea groups is 1. The monoisotopic (exact) mass is 181 g/mol. The molecule has 1 saturated heterocycles. The molecule has 1 aliphatic carbocycles. The Kier molecular flexibility index (Phi) is 2.02. The summed E-state index contributed by atoms with van der Waals surface area (Å²) < 4.78 is 0. The molecule has 2 aliphatic rings. The van der Waals surface area contributed by atoms with Crippen LogP contribution in [-0.2, 0) is 4.79 Å². The average Bonchev–Trinajstić information content (AvgIpc) is 2.74. The number of amides is 2. The van der Waals surface area contributed by atoms with Crippen molar-refractivity contribution in [2.45, 2.75) is 6.42 Å². The summed E-state index contributed by atoms with van der Waals surface area (Å²) in [6.45, 7) is 1.76. The van der Waals surface area contributed by atoms with Gasteiger partial charge in [0.2, 0.25) is 6.08 Å². The number of nitrogens with one attached hydrogen (secondary N) is 1. The first-order valence-electron chi connectivity index (χ1n) is 4.37. The van der Waals surface area contributed by atoms with Gasteiger partial charge in [-0.3, -0.25) is 0 Å². The SMILES string of the molecule is O=C=NCNC(=O)N1CC2CC2C1. The summed E-state index contributed by atoms with van der Waals surface area (Å²) in [7, 11) is 0. The largest absolute Gasteiger partial charge is 0.324 e. The molecule has 5 heteroatoms. The number of nitrogens with zero attached hydrogens (tertiary/aromatic N) is 2. The Morgan fingerprint density at radius 1 is 1.54 bits per heavy atom. The highest BCUT2D eigenvalue weighted by atomic mass is 16.2. The summed E-state index contributed by atoms with van der Waals surface area (Å²) in [5, 5.41) is 2.52. The summed E-state index contributed by atoms with van der Waals surface area (Å²) in [6.07, 6.45) is 2.65. The van der Waals surface area contributed by atoms with Crippen LogP contribution in [0.3, 0.4) is 0 Å². The normalized spacial score (nSPS) is 29.1. The Morgan fingerprint density at radius 3 is 2.85 bits per heavy atom. The highest BCUT2D eigenvalue weighted by Gasteiger charge is 2.46. The van der Waals surface area contributed by atoms with Crippen molar-refractivity contribution in [3.63, 3.8) is 0 Å². The maximum Gasteiger partial charge on any atom is 0.318 e. The van der Waals surface area contributed by atoms with Crippen LogP contribution >= 0.6 is 0 Å². The van der Waals surface area contributed by atoms with Gasteiger partial charge in [0.15, 0.2) is 0 Å². The molecule has 1 saturated carbocycles. The Balaban J connectivity index is 1.74. The minimum absolute atomic E-state index is 0.0359. The zero-order valence-corrected chi connectivity index (χ0v) is 7.19. The van der Waals surface area contributed by atoms with Gasteiger partial charge in [-0.15, -0.1) is 0 Å². The smallest absolute Gasteiger partial charge is 0.318 e. The van der Waals surface area contributed by atoms with Crippen LogP contribution < -0.4 is 5.32 Å². The molecule has 0 aromatic rings. The molecule has 0 spiro atoms. The summed E-state index contributed by atoms with van der Waals surface area (Å²) in [5.74, 6) is 1.47. The van der Waals surface area contributed by atoms with E-state index >= 15 is 0 Å². The van der Waals surface area contributed by atoms with Gasteiger partial charge in [-0.2, -0.15) is 4.99 Å². The molecule has 0 radical (unpaired) electrons. The summed E-state index contributed by atoms with van der Waals surface area (Å²) >= 11 is 0. The number of hydrogen-bond donors (Lipinski definition) is 1. The topological polar surface area (TPSA) is 61.8 Å². The van der Waals surface area contributed by atoms with E-state index in [1.807, 2.05) is 0 Å². The molecule has 0 aromatic carbocycles. The van der Waals surface area contributed by atoms with E-state index in [0.717, 1.165) is 24.9 Å². The van der Waals surface area contributed by atoms with Crippen LogP contribution in [-0.4, -0.2) is 36.8 Å². The minimum Gasteiger partial charge on any atom is -0.324 e. The third kappa shape index (κ3) is 1.70. The first-order chi connectivity index (χ1) is 6.31. The molecule has 2 rings (SSSR count). The maximum atomic E-state index is 11.3. The van der Waals surface area contributed by atoms with Crippen LogP contribution in [0.5, 0.6) is 0 Å². The van der Waals surface area contributed by atoms with Crippen molar-refractivity contribution in [2.24, 2.45) is 16.8 Å². The molecule has 2 unspecified atom stereocenters. The summed E-state index contributed by atoms with van der Waals surface area (Å²) in [5.41, 5.74) is 0. The Hall–Kier alpha value is -1.35. The second-order valence-corrected chi connectivity index (χ2v) is 3.55. The standard InChI is InChI=1S/C8H11N3O2/c12-5-9-4-10-8(13)11-2-6-1-7(6)3-11/h6-7H,1-4H2,(H,10,13). The molecule has 1 aliphatic heterocycles. The molecule has 0 aromatic heterocycles. The summed E-state index contributed by atoms with van der Waals surface area (Å²) in [6, 6.07) is -0.119. The fourth-order valence-corrected chi connectivity index (χ4v) is 1.82. The Labute approximate surface area is 75.8 Å². The van der Waals surface area contributed by atoms with E-state index in [0.29, 0.717) is 0 Å². The van der Waals surface area contributed by atoms with Gasteiger partial charge in [-0.1, -0.05) is 0 Å². The fourth-order valence-electron chi connectivity index (χ4n) is 1.82. The van der Waals surface area contributed by atoms with Gasteiger partial charge in [0, 0.05) is 13.1 Å². The number of likely N-dealkylation sites (tertiary alicyclic amines) is 1. The zero-order valence-electron chi connectivity index (χ0n) is 7.19. The van der Waals surface area contributed by atoms with Gasteiger partial charge in [0.25, 0.3) is 0 Å². The molecule has 2 atom stereocenters. The molecule has 5 nitrogen and oxygen atoms in total. The number of aliphatic imine (C=N–C) groups is 1. The molecule has 70 valence electrons. The van der Waals surface area contributed by atoms with Crippen molar-refractivity contribution in [1.29, 1.82) is 0 Å². The first-order valence-corrected chi connectivity index (χ1v) is 4.37. The lowest BCUT2D eigenvalue weighted by Crippen LogP contribution is -2.39. The van der Waals surface area contributed by atoms with Gasteiger partial charge in [-0.25, -0.2) is 9.59 Å². The van der Waals surface area contributed by atoms with Crippen LogP contribution in [0.4, 0.5) is 4.79 Å². The minimum atomic E-state index is -0.119. The predicted octanol–water partition coefficient (Wildman–Crippen LogP) is -0.0590. The second-order valence-electron chi connectivity index (χ2n) is 3.55. The summed E-state index contributed by atoms with van der Waals surface area (Å²) in [4.78, 5) is 26.0. The number of rotatable bonds is 2. The van der Waals surface area contributed by atoms with E-state index in [2.05, 4.69) is 10.3 Å². The zero-order chi connectivity index (χ0) is 9.26. The highest BCUT2D eigenvalue weighted by Crippen LogP contribution is 2.44. The molecule has 0 bridgehead atoms. The molecule has 1 heterocycles. The van der Waals surface area contributed by atoms with Crippen molar-refractivity contribution in [1.82, 2.24) is 10.2 Å². The number of isocyanates is 1. The molecular weight excluding hydrogens is 170 g/mol. The first kappa shape index (κ1) is 8.26. The lowest BCUT2D eigenvalue weighted by atomic mass is 10.4. The van der Waals surface area contributed by atoms with Crippen molar-refractivity contribution in [2.75, 3.05) is 19.8 Å². The van der Waals surface area contributed by atoms with Gasteiger partial charge in [0.1, 0.15) is 6.67 Å². The van der Waals surface area contributed by atoms with Gasteiger partial charge in [-0.05, 0) is 18.3 Å². The molecule has 2 fully saturated rings. The third-order valence-electron chi connectivity index (χ3n) is 2.64. The number of carbonyl (C=O) groups excluding carboxylic acids is 2. The van der Waals surface area contributed by atoms with Crippen molar-refractivity contribution < 1.29 is 9.59 Å². The molecule has 2 amide bonds. The van der Waals surface area contributed by atoms with E-state index in [9.17, 15) is 9.59 Å². The maximum absolute atomic E-state index is 11.3. The van der Waals surface area contributed by atoms with E-state index in [1.165, 1.54) is 12.5 Å². The fraction of sp³-hybridized carbons (Fsp3) is 0.750. The van der Waals surface area contributed by atoms with Crippen LogP contribution in [0.1, 0.15) is 6.42 Å². The molecule has 13 heavy (non-hydrogen) atoms. The Bertz CT molecular complexity index is 263. The molecular formula is C8H11N3O2. The van der Waals surface area contributed by atoms with E-state index in [4.69, 9.17) is 0 Å². The molecule has 1 N–H and O–H groups in total. The van der Waals surface area contributed by atoms with Crippen LogP contribution in [0.15, 0.2) is 4.99 Å². The Morgan fingerprint density at radius 2 is 2.23 bits per heavy atom. The lowest BCUT2D eigenvalue weighted by molar-refractivity contribution is 0.204. The van der Waals surface area contributed by atoms with Crippen LogP contribution in [0.2, 0.25) is 0 Å². The third-order valence-corrected chi connectivity index (χ3v) is 2.64. The van der Waals surface area contributed by atoms with E-state index in [-0.39, 0.29) is 12.7 Å². The lowest BCUT2D eigenvalue weighted by Gasteiger charge is -2.17. The van der Waals surface area contributed by atoms with Gasteiger partial charge >= 0.3 is 6.03 Å². The number of hydrogen-bond acceptors (Lipinski definition) is 3. The second kappa shape index (κ2) is 3.18. The van der Waals surface area contributed by atoms with Gasteiger partial charge in [0.05, 0.1) is 0 Å². The van der Waals surface area contributed by atoms with Crippen molar-refractivity contribution >= 4 is 12.1 Å². The predicted molar refractivity (Wildman–Crippen MR) is 44.7 cm³/mol. The highest BCUT2D eigenvalue weighted by molar-refractivity contribution is 5.74. The number of carbonyl (C=O) groups is 1. The van der Waals surface area contributed by atoms with Crippen LogP contribution in [0, 0.1) is 11.8 Å². The van der Waals surface area contributed by atoms with E-state index < -0.39 is 0 Å². The quantitative estimate of drug-likeness (QED) is 0.479.